The lowest BCUT2D eigenvalue weighted by molar-refractivity contribution is 0.234. The second-order valence-corrected chi connectivity index (χ2v) is 4.88. The molecule has 0 radical (unpaired) electrons. The van der Waals surface area contributed by atoms with E-state index in [9.17, 15) is 0 Å². The van der Waals surface area contributed by atoms with Gasteiger partial charge in [-0.3, -0.25) is 0 Å². The van der Waals surface area contributed by atoms with Crippen molar-refractivity contribution in [2.45, 2.75) is 45.6 Å². The van der Waals surface area contributed by atoms with Crippen LogP contribution in [-0.2, 0) is 0 Å². The van der Waals surface area contributed by atoms with Crippen LogP contribution in [0.2, 0.25) is 0 Å². The Balaban J connectivity index is 2.14. The quantitative estimate of drug-likeness (QED) is 0.728. The minimum absolute atomic E-state index is 0.748. The summed E-state index contributed by atoms with van der Waals surface area (Å²) in [6.45, 7) is 8.31. The molecule has 0 amide bonds. The van der Waals surface area contributed by atoms with Crippen molar-refractivity contribution in [1.82, 2.24) is 10.2 Å². The Morgan fingerprint density at radius 2 is 2.21 bits per heavy atom. The van der Waals surface area contributed by atoms with Crippen LogP contribution < -0.4 is 5.32 Å². The van der Waals surface area contributed by atoms with Crippen molar-refractivity contribution in [3.8, 4) is 0 Å². The highest BCUT2D eigenvalue weighted by atomic mass is 15.1. The predicted molar refractivity (Wildman–Crippen MR) is 62.6 cm³/mol. The van der Waals surface area contributed by atoms with E-state index in [4.69, 9.17) is 0 Å². The first-order chi connectivity index (χ1) is 6.72. The fourth-order valence-corrected chi connectivity index (χ4v) is 2.19. The highest BCUT2D eigenvalue weighted by Gasteiger charge is 2.15. The normalized spacial score (nSPS) is 25.3. The average Bonchev–Trinajstić information content (AvgIpc) is 2.19. The van der Waals surface area contributed by atoms with E-state index in [0.717, 1.165) is 12.0 Å². The molecule has 2 atom stereocenters. The van der Waals surface area contributed by atoms with Gasteiger partial charge in [0.05, 0.1) is 0 Å². The largest absolute Gasteiger partial charge is 0.313 e. The van der Waals surface area contributed by atoms with Crippen molar-refractivity contribution >= 4 is 0 Å². The second-order valence-electron chi connectivity index (χ2n) is 4.88. The number of hydrogen-bond donors (Lipinski definition) is 1. The summed E-state index contributed by atoms with van der Waals surface area (Å²) in [6.07, 6.45) is 5.44. The number of hydrogen-bond acceptors (Lipinski definition) is 2. The molecular formula is C12H26N2. The van der Waals surface area contributed by atoms with E-state index in [1.807, 2.05) is 0 Å². The van der Waals surface area contributed by atoms with Crippen LogP contribution in [0.1, 0.15) is 39.5 Å². The van der Waals surface area contributed by atoms with Crippen LogP contribution in [0.15, 0.2) is 0 Å². The third-order valence-corrected chi connectivity index (χ3v) is 3.26. The van der Waals surface area contributed by atoms with Gasteiger partial charge < -0.3 is 10.2 Å². The second kappa shape index (κ2) is 6.41. The highest BCUT2D eigenvalue weighted by molar-refractivity contribution is 4.75. The van der Waals surface area contributed by atoms with E-state index < -0.39 is 0 Å². The van der Waals surface area contributed by atoms with Crippen LogP contribution in [0.3, 0.4) is 0 Å². The zero-order chi connectivity index (χ0) is 10.4. The zero-order valence-electron chi connectivity index (χ0n) is 10.1. The number of nitrogens with zero attached hydrogens (tertiary/aromatic N) is 1. The first kappa shape index (κ1) is 12.0. The third kappa shape index (κ3) is 4.43. The van der Waals surface area contributed by atoms with Gasteiger partial charge in [0.2, 0.25) is 0 Å². The highest BCUT2D eigenvalue weighted by Crippen LogP contribution is 2.09. The van der Waals surface area contributed by atoms with Gasteiger partial charge in [-0.25, -0.2) is 0 Å². The van der Waals surface area contributed by atoms with Crippen LogP contribution >= 0.6 is 0 Å². The number of rotatable bonds is 5. The maximum Gasteiger partial charge on any atom is 0.0194 e. The van der Waals surface area contributed by atoms with Gasteiger partial charge in [-0.05, 0) is 32.4 Å². The van der Waals surface area contributed by atoms with Crippen LogP contribution in [-0.4, -0.2) is 37.6 Å². The molecule has 1 heterocycles. The summed E-state index contributed by atoms with van der Waals surface area (Å²) in [5.74, 6) is 0.837. The minimum atomic E-state index is 0.748. The molecule has 1 rings (SSSR count). The van der Waals surface area contributed by atoms with Crippen molar-refractivity contribution in [2.24, 2.45) is 5.92 Å². The fourth-order valence-electron chi connectivity index (χ4n) is 2.19. The number of piperidine rings is 1. The van der Waals surface area contributed by atoms with Crippen molar-refractivity contribution in [3.63, 3.8) is 0 Å². The monoisotopic (exact) mass is 198 g/mol. The summed E-state index contributed by atoms with van der Waals surface area (Å²) in [6, 6.07) is 0.748. The van der Waals surface area contributed by atoms with Crippen molar-refractivity contribution in [2.75, 3.05) is 26.7 Å². The maximum atomic E-state index is 3.60. The molecule has 1 saturated heterocycles. The lowest BCUT2D eigenvalue weighted by Crippen LogP contribution is -2.43. The molecule has 0 aromatic rings. The van der Waals surface area contributed by atoms with E-state index in [-0.39, 0.29) is 0 Å². The van der Waals surface area contributed by atoms with Crippen molar-refractivity contribution in [3.05, 3.63) is 0 Å². The lowest BCUT2D eigenvalue weighted by Gasteiger charge is -2.29. The van der Waals surface area contributed by atoms with Crippen molar-refractivity contribution in [1.29, 1.82) is 0 Å². The summed E-state index contributed by atoms with van der Waals surface area (Å²) in [4.78, 5) is 2.48. The van der Waals surface area contributed by atoms with Gasteiger partial charge in [0.15, 0.2) is 0 Å². The molecule has 1 aliphatic heterocycles. The Morgan fingerprint density at radius 1 is 1.43 bits per heavy atom. The smallest absolute Gasteiger partial charge is 0.0194 e. The summed E-state index contributed by atoms with van der Waals surface area (Å²) in [5.41, 5.74) is 0. The lowest BCUT2D eigenvalue weighted by atomic mass is 10.0. The number of nitrogens with one attached hydrogen (secondary N) is 1. The Bertz CT molecular complexity index is 141. The Labute approximate surface area is 89.1 Å². The molecule has 2 heteroatoms. The van der Waals surface area contributed by atoms with Gasteiger partial charge >= 0.3 is 0 Å². The fraction of sp³-hybridized carbons (Fsp3) is 1.00. The van der Waals surface area contributed by atoms with Crippen LogP contribution in [0, 0.1) is 5.92 Å². The standard InChI is InChI=1S/C12H26N2/c1-4-11(2)9-14(3)10-12-7-5-6-8-13-12/h11-13H,4-10H2,1-3H3. The molecule has 0 saturated carbocycles. The van der Waals surface area contributed by atoms with Crippen LogP contribution in [0.4, 0.5) is 0 Å². The molecule has 2 nitrogen and oxygen atoms in total. The minimum Gasteiger partial charge on any atom is -0.313 e. The van der Waals surface area contributed by atoms with E-state index in [2.05, 4.69) is 31.1 Å². The number of likely N-dealkylation sites (N-methyl/N-ethyl adjacent to an activating group) is 1. The first-order valence-electron chi connectivity index (χ1n) is 6.14. The van der Waals surface area contributed by atoms with E-state index in [1.165, 1.54) is 45.3 Å². The van der Waals surface area contributed by atoms with Gasteiger partial charge in [-0.2, -0.15) is 0 Å². The molecule has 1 fully saturated rings. The van der Waals surface area contributed by atoms with Gasteiger partial charge in [-0.1, -0.05) is 26.7 Å². The van der Waals surface area contributed by atoms with Crippen LogP contribution in [0.25, 0.3) is 0 Å². The molecule has 1 N–H and O–H groups in total. The summed E-state index contributed by atoms with van der Waals surface area (Å²) in [7, 11) is 2.25. The van der Waals surface area contributed by atoms with Gasteiger partial charge in [0.1, 0.15) is 0 Å². The first-order valence-corrected chi connectivity index (χ1v) is 6.14. The molecule has 0 aromatic heterocycles. The predicted octanol–water partition coefficient (Wildman–Crippen LogP) is 2.11. The van der Waals surface area contributed by atoms with Gasteiger partial charge in [-0.15, -0.1) is 0 Å². The SMILES string of the molecule is CCC(C)CN(C)CC1CCCCN1. The summed E-state index contributed by atoms with van der Waals surface area (Å²) < 4.78 is 0. The molecule has 2 unspecified atom stereocenters. The maximum absolute atomic E-state index is 3.60. The summed E-state index contributed by atoms with van der Waals surface area (Å²) in [5, 5.41) is 3.60. The topological polar surface area (TPSA) is 15.3 Å². The molecule has 0 spiro atoms. The molecule has 0 bridgehead atoms. The Kier molecular flexibility index (Phi) is 5.49. The van der Waals surface area contributed by atoms with Gasteiger partial charge in [0, 0.05) is 19.1 Å². The average molecular weight is 198 g/mol. The molecule has 0 aromatic carbocycles. The van der Waals surface area contributed by atoms with Crippen molar-refractivity contribution < 1.29 is 0 Å². The zero-order valence-corrected chi connectivity index (χ0v) is 10.1. The van der Waals surface area contributed by atoms with E-state index in [1.54, 1.807) is 0 Å². The molecule has 1 aliphatic rings. The summed E-state index contributed by atoms with van der Waals surface area (Å²) >= 11 is 0. The van der Waals surface area contributed by atoms with Gasteiger partial charge in [0.25, 0.3) is 0 Å². The molecular weight excluding hydrogens is 172 g/mol. The molecule has 0 aliphatic carbocycles. The molecule has 14 heavy (non-hydrogen) atoms. The Hall–Kier alpha value is -0.0800. The molecule has 84 valence electrons. The third-order valence-electron chi connectivity index (χ3n) is 3.26. The van der Waals surface area contributed by atoms with E-state index in [0.29, 0.717) is 0 Å². The van der Waals surface area contributed by atoms with E-state index >= 15 is 0 Å². The van der Waals surface area contributed by atoms with Crippen LogP contribution in [0.5, 0.6) is 0 Å². The Morgan fingerprint density at radius 3 is 2.79 bits per heavy atom.